The SMILES string of the molecule is CCC1CCC(NC(=O)c2ccc(Cl)c(C(=O)NC3CCC(CC)CC3)n2)CC1. The van der Waals surface area contributed by atoms with Crippen LogP contribution in [0.25, 0.3) is 0 Å². The van der Waals surface area contributed by atoms with E-state index < -0.39 is 0 Å². The van der Waals surface area contributed by atoms with Crippen LogP contribution in [0, 0.1) is 11.8 Å². The van der Waals surface area contributed by atoms with Gasteiger partial charge in [0, 0.05) is 12.1 Å². The molecule has 29 heavy (non-hydrogen) atoms. The van der Waals surface area contributed by atoms with E-state index in [1.54, 1.807) is 12.1 Å². The van der Waals surface area contributed by atoms with Crippen molar-refractivity contribution < 1.29 is 9.59 Å². The number of halogens is 1. The summed E-state index contributed by atoms with van der Waals surface area (Å²) < 4.78 is 0. The van der Waals surface area contributed by atoms with Gasteiger partial charge >= 0.3 is 0 Å². The highest BCUT2D eigenvalue weighted by molar-refractivity contribution is 6.33. The Bertz CT molecular complexity index is 708. The summed E-state index contributed by atoms with van der Waals surface area (Å²) in [5, 5.41) is 6.43. The van der Waals surface area contributed by atoms with Gasteiger partial charge in [-0.3, -0.25) is 9.59 Å². The second kappa shape index (κ2) is 10.4. The third-order valence-corrected chi connectivity index (χ3v) is 7.12. The number of carbonyl (C=O) groups is 2. The quantitative estimate of drug-likeness (QED) is 0.671. The van der Waals surface area contributed by atoms with Crippen molar-refractivity contribution >= 4 is 23.4 Å². The fraction of sp³-hybridized carbons (Fsp3) is 0.696. The number of rotatable bonds is 6. The van der Waals surface area contributed by atoms with Gasteiger partial charge in [0.25, 0.3) is 11.8 Å². The van der Waals surface area contributed by atoms with Gasteiger partial charge < -0.3 is 10.6 Å². The maximum absolute atomic E-state index is 12.7. The molecule has 2 saturated carbocycles. The molecule has 0 saturated heterocycles. The van der Waals surface area contributed by atoms with E-state index >= 15 is 0 Å². The summed E-state index contributed by atoms with van der Waals surface area (Å²) in [6.07, 6.45) is 11.0. The average Bonchev–Trinajstić information content (AvgIpc) is 2.75. The lowest BCUT2D eigenvalue weighted by atomic mass is 9.84. The average molecular weight is 420 g/mol. The smallest absolute Gasteiger partial charge is 0.271 e. The summed E-state index contributed by atoms with van der Waals surface area (Å²) in [7, 11) is 0. The Morgan fingerprint density at radius 1 is 0.862 bits per heavy atom. The summed E-state index contributed by atoms with van der Waals surface area (Å²) in [4.78, 5) is 29.7. The predicted octanol–water partition coefficient (Wildman–Crippen LogP) is 5.13. The number of hydrogen-bond donors (Lipinski definition) is 2. The number of amides is 2. The van der Waals surface area contributed by atoms with E-state index in [0.29, 0.717) is 0 Å². The molecular formula is C23H34ClN3O2. The van der Waals surface area contributed by atoms with Crippen molar-refractivity contribution in [2.75, 3.05) is 0 Å². The number of hydrogen-bond acceptors (Lipinski definition) is 3. The molecule has 0 atom stereocenters. The molecule has 0 spiro atoms. The van der Waals surface area contributed by atoms with Gasteiger partial charge in [0.1, 0.15) is 11.4 Å². The topological polar surface area (TPSA) is 71.1 Å². The summed E-state index contributed by atoms with van der Waals surface area (Å²) in [6, 6.07) is 3.54. The molecule has 160 valence electrons. The highest BCUT2D eigenvalue weighted by Crippen LogP contribution is 2.28. The van der Waals surface area contributed by atoms with Gasteiger partial charge in [-0.1, -0.05) is 38.3 Å². The molecule has 3 rings (SSSR count). The molecule has 1 heterocycles. The molecule has 0 bridgehead atoms. The second-order valence-corrected chi connectivity index (χ2v) is 9.13. The van der Waals surface area contributed by atoms with Crippen molar-refractivity contribution in [1.29, 1.82) is 0 Å². The van der Waals surface area contributed by atoms with Crippen LogP contribution in [0.1, 0.15) is 99.0 Å². The minimum absolute atomic E-state index is 0.145. The van der Waals surface area contributed by atoms with Crippen molar-refractivity contribution in [3.05, 3.63) is 28.5 Å². The van der Waals surface area contributed by atoms with Crippen LogP contribution >= 0.6 is 11.6 Å². The molecule has 0 aliphatic heterocycles. The van der Waals surface area contributed by atoms with E-state index in [-0.39, 0.29) is 40.3 Å². The molecule has 1 aromatic rings. The number of pyridine rings is 1. The Hall–Kier alpha value is -1.62. The molecule has 6 heteroatoms. The number of aromatic nitrogens is 1. The molecule has 2 aliphatic rings. The Morgan fingerprint density at radius 2 is 1.34 bits per heavy atom. The van der Waals surface area contributed by atoms with E-state index in [4.69, 9.17) is 11.6 Å². The van der Waals surface area contributed by atoms with E-state index in [0.717, 1.165) is 63.2 Å². The minimum Gasteiger partial charge on any atom is -0.348 e. The van der Waals surface area contributed by atoms with Crippen LogP contribution in [0.15, 0.2) is 12.1 Å². The number of nitrogens with one attached hydrogen (secondary N) is 2. The molecule has 2 amide bonds. The second-order valence-electron chi connectivity index (χ2n) is 8.73. The maximum atomic E-state index is 12.7. The van der Waals surface area contributed by atoms with Crippen molar-refractivity contribution in [2.45, 2.75) is 90.1 Å². The van der Waals surface area contributed by atoms with Gasteiger partial charge in [-0.05, 0) is 75.3 Å². The van der Waals surface area contributed by atoms with Crippen LogP contribution in [0.3, 0.4) is 0 Å². The van der Waals surface area contributed by atoms with Crippen LogP contribution in [-0.4, -0.2) is 28.9 Å². The molecule has 2 N–H and O–H groups in total. The first kappa shape index (κ1) is 22.1. The first-order valence-corrected chi connectivity index (χ1v) is 11.7. The maximum Gasteiger partial charge on any atom is 0.271 e. The summed E-state index contributed by atoms with van der Waals surface area (Å²) in [6.45, 7) is 4.45. The largest absolute Gasteiger partial charge is 0.348 e. The normalized spacial score (nSPS) is 27.3. The Morgan fingerprint density at radius 3 is 1.83 bits per heavy atom. The third-order valence-electron chi connectivity index (χ3n) is 6.81. The van der Waals surface area contributed by atoms with Crippen LogP contribution in [-0.2, 0) is 0 Å². The Labute approximate surface area is 179 Å². The minimum atomic E-state index is -0.284. The fourth-order valence-electron chi connectivity index (χ4n) is 4.67. The molecular weight excluding hydrogens is 386 g/mol. The van der Waals surface area contributed by atoms with Crippen LogP contribution in [0.2, 0.25) is 5.02 Å². The van der Waals surface area contributed by atoms with E-state index in [1.807, 2.05) is 0 Å². The fourth-order valence-corrected chi connectivity index (χ4v) is 4.86. The molecule has 2 aliphatic carbocycles. The summed E-state index contributed by atoms with van der Waals surface area (Å²) in [5.74, 6) is 1.04. The Kier molecular flexibility index (Phi) is 7.93. The monoisotopic (exact) mass is 419 g/mol. The van der Waals surface area contributed by atoms with Crippen LogP contribution < -0.4 is 10.6 Å². The zero-order chi connectivity index (χ0) is 20.8. The zero-order valence-electron chi connectivity index (χ0n) is 17.7. The predicted molar refractivity (Wildman–Crippen MR) is 116 cm³/mol. The van der Waals surface area contributed by atoms with Gasteiger partial charge in [-0.25, -0.2) is 4.98 Å². The van der Waals surface area contributed by atoms with E-state index in [2.05, 4.69) is 29.5 Å². The zero-order valence-corrected chi connectivity index (χ0v) is 18.4. The molecule has 0 aromatic carbocycles. The van der Waals surface area contributed by atoms with Crippen molar-refractivity contribution in [1.82, 2.24) is 15.6 Å². The number of nitrogens with zero attached hydrogens (tertiary/aromatic N) is 1. The summed E-state index contributed by atoms with van der Waals surface area (Å²) in [5.41, 5.74) is 0.401. The van der Waals surface area contributed by atoms with Gasteiger partial charge in [0.05, 0.1) is 5.02 Å². The molecule has 1 aromatic heterocycles. The number of carbonyl (C=O) groups excluding carboxylic acids is 2. The standard InChI is InChI=1S/C23H34ClN3O2/c1-3-15-5-9-17(10-6-15)25-22(28)20-14-13-19(24)21(27-20)23(29)26-18-11-7-16(4-2)8-12-18/h13-18H,3-12H2,1-2H3,(H,25,28)(H,26,29). The van der Waals surface area contributed by atoms with Crippen LogP contribution in [0.4, 0.5) is 0 Å². The first-order chi connectivity index (χ1) is 14.0. The molecule has 2 fully saturated rings. The van der Waals surface area contributed by atoms with Crippen molar-refractivity contribution in [3.8, 4) is 0 Å². The lowest BCUT2D eigenvalue weighted by Crippen LogP contribution is -2.39. The molecule has 5 nitrogen and oxygen atoms in total. The van der Waals surface area contributed by atoms with Gasteiger partial charge in [-0.2, -0.15) is 0 Å². The highest BCUT2D eigenvalue weighted by Gasteiger charge is 2.25. The summed E-state index contributed by atoms with van der Waals surface area (Å²) >= 11 is 6.23. The molecule has 0 unspecified atom stereocenters. The lowest BCUT2D eigenvalue weighted by molar-refractivity contribution is 0.0912. The third kappa shape index (κ3) is 5.94. The lowest BCUT2D eigenvalue weighted by Gasteiger charge is -2.28. The highest BCUT2D eigenvalue weighted by atomic mass is 35.5. The van der Waals surface area contributed by atoms with Crippen LogP contribution in [0.5, 0.6) is 0 Å². The van der Waals surface area contributed by atoms with E-state index in [1.165, 1.54) is 12.8 Å². The van der Waals surface area contributed by atoms with Gasteiger partial charge in [0.15, 0.2) is 0 Å². The molecule has 0 radical (unpaired) electrons. The first-order valence-electron chi connectivity index (χ1n) is 11.3. The van der Waals surface area contributed by atoms with Gasteiger partial charge in [0.2, 0.25) is 0 Å². The van der Waals surface area contributed by atoms with E-state index in [9.17, 15) is 9.59 Å². The van der Waals surface area contributed by atoms with Gasteiger partial charge in [-0.15, -0.1) is 0 Å². The van der Waals surface area contributed by atoms with Crippen molar-refractivity contribution in [3.63, 3.8) is 0 Å². The van der Waals surface area contributed by atoms with Crippen molar-refractivity contribution in [2.24, 2.45) is 11.8 Å². The Balaban J connectivity index is 1.58.